The number of imide groups is 1. The third-order valence-electron chi connectivity index (χ3n) is 2.76. The summed E-state index contributed by atoms with van der Waals surface area (Å²) < 4.78 is 0. The number of nitrogens with two attached hydrogens (primary N) is 1. The number of urea groups is 1. The van der Waals surface area contributed by atoms with Gasteiger partial charge in [-0.25, -0.2) is 4.79 Å². The zero-order valence-electron chi connectivity index (χ0n) is 10.1. The van der Waals surface area contributed by atoms with Gasteiger partial charge in [-0.2, -0.15) is 0 Å². The zero-order valence-corrected chi connectivity index (χ0v) is 10.9. The van der Waals surface area contributed by atoms with Crippen molar-refractivity contribution >= 4 is 29.4 Å². The number of benzene rings is 1. The fraction of sp³-hybridized carbons (Fsp3) is 0.333. The summed E-state index contributed by atoms with van der Waals surface area (Å²) in [4.78, 5) is 25.3. The van der Waals surface area contributed by atoms with Crippen molar-refractivity contribution < 1.29 is 9.59 Å². The second-order valence-corrected chi connectivity index (χ2v) is 5.13. The van der Waals surface area contributed by atoms with Gasteiger partial charge in [0.25, 0.3) is 0 Å². The van der Waals surface area contributed by atoms with Crippen LogP contribution >= 0.6 is 11.8 Å². The maximum Gasteiger partial charge on any atom is 0.324 e. The summed E-state index contributed by atoms with van der Waals surface area (Å²) in [6.07, 6.45) is 0. The first-order chi connectivity index (χ1) is 8.58. The van der Waals surface area contributed by atoms with Crippen molar-refractivity contribution in [3.8, 4) is 0 Å². The largest absolute Gasteiger partial charge is 0.399 e. The first-order valence-electron chi connectivity index (χ1n) is 5.65. The van der Waals surface area contributed by atoms with Crippen LogP contribution in [0.15, 0.2) is 23.1 Å². The lowest BCUT2D eigenvalue weighted by Gasteiger charge is -2.11. The average Bonchev–Trinajstić information content (AvgIpc) is 2.77. The van der Waals surface area contributed by atoms with E-state index in [2.05, 4.69) is 5.32 Å². The maximum atomic E-state index is 11.8. The quantitative estimate of drug-likeness (QED) is 0.636. The Balaban J connectivity index is 1.93. The predicted octanol–water partition coefficient (Wildman–Crippen LogP) is 1.22. The topological polar surface area (TPSA) is 75.4 Å². The molecule has 18 heavy (non-hydrogen) atoms. The summed E-state index contributed by atoms with van der Waals surface area (Å²) in [6, 6.07) is 5.35. The molecule has 0 unspecified atom stereocenters. The van der Waals surface area contributed by atoms with Gasteiger partial charge in [0.2, 0.25) is 5.91 Å². The Kier molecular flexibility index (Phi) is 3.76. The van der Waals surface area contributed by atoms with Crippen LogP contribution in [0.5, 0.6) is 0 Å². The van der Waals surface area contributed by atoms with Crippen LogP contribution in [0.1, 0.15) is 5.56 Å². The Labute approximate surface area is 110 Å². The number of rotatable bonds is 3. The minimum atomic E-state index is -0.297. The van der Waals surface area contributed by atoms with E-state index in [1.54, 1.807) is 0 Å². The molecule has 0 atom stereocenters. The van der Waals surface area contributed by atoms with Crippen molar-refractivity contribution in [2.45, 2.75) is 11.8 Å². The molecule has 2 rings (SSSR count). The molecule has 1 heterocycles. The summed E-state index contributed by atoms with van der Waals surface area (Å²) in [5.41, 5.74) is 7.46. The Bertz CT molecular complexity index is 490. The van der Waals surface area contributed by atoms with Gasteiger partial charge in [0, 0.05) is 23.7 Å². The Hall–Kier alpha value is -1.69. The molecule has 96 valence electrons. The Morgan fingerprint density at radius 3 is 2.94 bits per heavy atom. The lowest BCUT2D eigenvalue weighted by atomic mass is 10.2. The molecule has 1 aliphatic heterocycles. The number of nitrogen functional groups attached to an aromatic ring is 1. The number of aryl methyl sites for hydroxylation is 1. The number of thioether (sulfide) groups is 1. The van der Waals surface area contributed by atoms with E-state index in [0.717, 1.165) is 16.1 Å². The van der Waals surface area contributed by atoms with Crippen molar-refractivity contribution in [3.63, 3.8) is 0 Å². The molecule has 3 amide bonds. The van der Waals surface area contributed by atoms with Crippen LogP contribution in [0.2, 0.25) is 0 Å². The molecule has 0 radical (unpaired) electrons. The summed E-state index contributed by atoms with van der Waals surface area (Å²) in [6.45, 7) is 2.92. The average molecular weight is 265 g/mol. The first kappa shape index (κ1) is 12.8. The van der Waals surface area contributed by atoms with E-state index >= 15 is 0 Å². The normalized spacial score (nSPS) is 14.7. The van der Waals surface area contributed by atoms with Crippen LogP contribution < -0.4 is 11.1 Å². The maximum absolute atomic E-state index is 11.8. The van der Waals surface area contributed by atoms with Crippen molar-refractivity contribution in [1.82, 2.24) is 10.2 Å². The van der Waals surface area contributed by atoms with Gasteiger partial charge in [-0.1, -0.05) is 0 Å². The Morgan fingerprint density at radius 2 is 2.33 bits per heavy atom. The van der Waals surface area contributed by atoms with Crippen LogP contribution in [0.3, 0.4) is 0 Å². The van der Waals surface area contributed by atoms with Gasteiger partial charge in [-0.05, 0) is 30.7 Å². The minimum absolute atomic E-state index is 0.163. The molecule has 5 nitrogen and oxygen atoms in total. The fourth-order valence-electron chi connectivity index (χ4n) is 1.67. The van der Waals surface area contributed by atoms with Gasteiger partial charge in [-0.3, -0.25) is 9.69 Å². The SMILES string of the molecule is Cc1cc(SCC(=O)N2CCNC2=O)ccc1N. The van der Waals surface area contributed by atoms with Crippen molar-refractivity contribution in [2.75, 3.05) is 24.6 Å². The molecule has 0 aromatic heterocycles. The molecular weight excluding hydrogens is 250 g/mol. The smallest absolute Gasteiger partial charge is 0.324 e. The third-order valence-corrected chi connectivity index (χ3v) is 3.74. The molecule has 1 aromatic carbocycles. The van der Waals surface area contributed by atoms with E-state index in [1.165, 1.54) is 16.7 Å². The number of nitrogens with zero attached hydrogens (tertiary/aromatic N) is 1. The molecule has 1 saturated heterocycles. The highest BCUT2D eigenvalue weighted by molar-refractivity contribution is 8.00. The first-order valence-corrected chi connectivity index (χ1v) is 6.63. The van der Waals surface area contributed by atoms with E-state index in [-0.39, 0.29) is 17.7 Å². The summed E-state index contributed by atoms with van der Waals surface area (Å²) in [7, 11) is 0. The van der Waals surface area contributed by atoms with Gasteiger partial charge in [0.1, 0.15) is 0 Å². The van der Waals surface area contributed by atoms with Gasteiger partial charge in [0.15, 0.2) is 0 Å². The van der Waals surface area contributed by atoms with E-state index in [0.29, 0.717) is 13.1 Å². The van der Waals surface area contributed by atoms with E-state index in [4.69, 9.17) is 5.73 Å². The number of carbonyl (C=O) groups is 2. The monoisotopic (exact) mass is 265 g/mol. The second-order valence-electron chi connectivity index (χ2n) is 4.08. The van der Waals surface area contributed by atoms with Gasteiger partial charge < -0.3 is 11.1 Å². The van der Waals surface area contributed by atoms with Gasteiger partial charge >= 0.3 is 6.03 Å². The lowest BCUT2D eigenvalue weighted by Crippen LogP contribution is -2.35. The molecule has 3 N–H and O–H groups in total. The summed E-state index contributed by atoms with van der Waals surface area (Å²) in [5.74, 6) is 0.0982. The van der Waals surface area contributed by atoms with E-state index in [9.17, 15) is 9.59 Å². The number of carbonyl (C=O) groups excluding carboxylic acids is 2. The number of nitrogens with one attached hydrogen (secondary N) is 1. The number of amides is 3. The molecule has 0 saturated carbocycles. The number of hydrogen-bond acceptors (Lipinski definition) is 4. The van der Waals surface area contributed by atoms with Gasteiger partial charge in [0.05, 0.1) is 5.75 Å². The predicted molar refractivity (Wildman–Crippen MR) is 71.4 cm³/mol. The van der Waals surface area contributed by atoms with Crippen molar-refractivity contribution in [3.05, 3.63) is 23.8 Å². The molecule has 0 spiro atoms. The van der Waals surface area contributed by atoms with Gasteiger partial charge in [-0.15, -0.1) is 11.8 Å². The fourth-order valence-corrected chi connectivity index (χ4v) is 2.54. The van der Waals surface area contributed by atoms with Crippen LogP contribution in [0, 0.1) is 6.92 Å². The Morgan fingerprint density at radius 1 is 1.56 bits per heavy atom. The second kappa shape index (κ2) is 5.30. The molecule has 6 heteroatoms. The molecule has 0 bridgehead atoms. The van der Waals surface area contributed by atoms with Crippen LogP contribution in [-0.2, 0) is 4.79 Å². The van der Waals surface area contributed by atoms with Crippen LogP contribution in [0.4, 0.5) is 10.5 Å². The van der Waals surface area contributed by atoms with Crippen LogP contribution in [0.25, 0.3) is 0 Å². The third kappa shape index (κ3) is 2.76. The molecule has 1 aliphatic rings. The van der Waals surface area contributed by atoms with E-state index in [1.807, 2.05) is 25.1 Å². The molecule has 1 fully saturated rings. The molecular formula is C12H15N3O2S. The number of hydrogen-bond donors (Lipinski definition) is 2. The van der Waals surface area contributed by atoms with Crippen molar-refractivity contribution in [2.24, 2.45) is 0 Å². The highest BCUT2D eigenvalue weighted by atomic mass is 32.2. The highest BCUT2D eigenvalue weighted by Gasteiger charge is 2.25. The molecule has 1 aromatic rings. The zero-order chi connectivity index (χ0) is 13.1. The highest BCUT2D eigenvalue weighted by Crippen LogP contribution is 2.22. The lowest BCUT2D eigenvalue weighted by molar-refractivity contribution is -0.124. The molecule has 0 aliphatic carbocycles. The van der Waals surface area contributed by atoms with Crippen molar-refractivity contribution in [1.29, 1.82) is 0 Å². The summed E-state index contributed by atoms with van der Waals surface area (Å²) >= 11 is 1.41. The van der Waals surface area contributed by atoms with E-state index < -0.39 is 0 Å². The standard InChI is InChI=1S/C12H15N3O2S/c1-8-6-9(2-3-10(8)13)18-7-11(16)15-5-4-14-12(15)17/h2-3,6H,4-5,7,13H2,1H3,(H,14,17). The number of anilines is 1. The summed E-state index contributed by atoms with van der Waals surface area (Å²) in [5, 5.41) is 2.61. The van der Waals surface area contributed by atoms with Crippen LogP contribution in [-0.4, -0.2) is 35.7 Å². The minimum Gasteiger partial charge on any atom is -0.399 e.